The first-order valence-corrected chi connectivity index (χ1v) is 12.7. The molecule has 4 aromatic rings. The first-order chi connectivity index (χ1) is 17.0. The Morgan fingerprint density at radius 2 is 1.97 bits per heavy atom. The average molecular weight is 489 g/mol. The molecular formula is C26H28N6O2S. The minimum atomic E-state index is 0.0524. The van der Waals surface area contributed by atoms with Crippen molar-refractivity contribution in [3.05, 3.63) is 54.2 Å². The molecule has 0 saturated carbocycles. The molecule has 8 nitrogen and oxygen atoms in total. The van der Waals surface area contributed by atoms with Crippen LogP contribution in [0, 0.1) is 12.8 Å². The highest BCUT2D eigenvalue weighted by Crippen LogP contribution is 2.38. The molecule has 2 aliphatic rings. The van der Waals surface area contributed by atoms with E-state index in [2.05, 4.69) is 46.3 Å². The summed E-state index contributed by atoms with van der Waals surface area (Å²) in [5.74, 6) is 0.892. The maximum Gasteiger partial charge on any atom is 0.230 e. The number of rotatable bonds is 5. The molecule has 1 N–H and O–H groups in total. The van der Waals surface area contributed by atoms with E-state index in [0.717, 1.165) is 64.2 Å². The molecule has 0 radical (unpaired) electrons. The first kappa shape index (κ1) is 22.2. The molecular weight excluding hydrogens is 460 g/mol. The molecule has 6 rings (SSSR count). The van der Waals surface area contributed by atoms with Crippen molar-refractivity contribution in [2.75, 3.05) is 56.7 Å². The lowest BCUT2D eigenvalue weighted by molar-refractivity contribution is -0.124. The molecule has 2 fully saturated rings. The fraction of sp³-hybridized carbons (Fsp3) is 0.346. The van der Waals surface area contributed by atoms with Gasteiger partial charge in [0.1, 0.15) is 0 Å². The van der Waals surface area contributed by atoms with Gasteiger partial charge in [-0.15, -0.1) is 11.3 Å². The zero-order valence-corrected chi connectivity index (χ0v) is 20.7. The molecule has 35 heavy (non-hydrogen) atoms. The molecule has 2 aliphatic heterocycles. The number of fused-ring (bicyclic) bond motifs is 1. The van der Waals surface area contributed by atoms with Crippen LogP contribution in [0.1, 0.15) is 5.56 Å². The fourth-order valence-corrected chi connectivity index (χ4v) is 5.75. The van der Waals surface area contributed by atoms with Gasteiger partial charge in [0.05, 0.1) is 45.7 Å². The van der Waals surface area contributed by atoms with E-state index in [9.17, 15) is 4.79 Å². The molecule has 2 saturated heterocycles. The third-order valence-corrected chi connectivity index (χ3v) is 7.68. The second-order valence-electron chi connectivity index (χ2n) is 9.35. The smallest absolute Gasteiger partial charge is 0.230 e. The van der Waals surface area contributed by atoms with Crippen molar-refractivity contribution in [1.29, 1.82) is 0 Å². The maximum absolute atomic E-state index is 12.7. The summed E-state index contributed by atoms with van der Waals surface area (Å²) >= 11 is 1.59. The Labute approximate surface area is 208 Å². The fourth-order valence-electron chi connectivity index (χ4n) is 4.71. The number of ether oxygens (including phenoxy) is 1. The van der Waals surface area contributed by atoms with Crippen LogP contribution in [0.5, 0.6) is 0 Å². The SMILES string of the molecule is Cc1cccc(-c2ccn(-c3cc(N4CCOCC4)c4sc(NC(=O)C5CN(C)C5)cc4n3)n2)c1. The summed E-state index contributed by atoms with van der Waals surface area (Å²) in [5.41, 5.74) is 5.16. The number of nitrogens with one attached hydrogen (secondary N) is 1. The van der Waals surface area contributed by atoms with Gasteiger partial charge in [0.25, 0.3) is 0 Å². The number of likely N-dealkylation sites (tertiary alicyclic amines) is 1. The summed E-state index contributed by atoms with van der Waals surface area (Å²) in [4.78, 5) is 22.1. The quantitative estimate of drug-likeness (QED) is 0.461. The van der Waals surface area contributed by atoms with E-state index >= 15 is 0 Å². The molecule has 9 heteroatoms. The molecule has 0 unspecified atom stereocenters. The highest BCUT2D eigenvalue weighted by Gasteiger charge is 2.30. The summed E-state index contributed by atoms with van der Waals surface area (Å²) in [6.07, 6.45) is 1.96. The molecule has 3 aromatic heterocycles. The van der Waals surface area contributed by atoms with Crippen molar-refractivity contribution in [2.45, 2.75) is 6.92 Å². The predicted molar refractivity (Wildman–Crippen MR) is 140 cm³/mol. The number of hydrogen-bond donors (Lipinski definition) is 1. The summed E-state index contributed by atoms with van der Waals surface area (Å²) in [5, 5.41) is 8.78. The molecule has 0 aliphatic carbocycles. The number of morpholine rings is 1. The summed E-state index contributed by atoms with van der Waals surface area (Å²) in [7, 11) is 2.03. The highest BCUT2D eigenvalue weighted by atomic mass is 32.1. The van der Waals surface area contributed by atoms with E-state index < -0.39 is 0 Å². The minimum Gasteiger partial charge on any atom is -0.378 e. The van der Waals surface area contributed by atoms with Crippen LogP contribution in [0.2, 0.25) is 0 Å². The lowest BCUT2D eigenvalue weighted by Crippen LogP contribution is -2.49. The van der Waals surface area contributed by atoms with Gasteiger partial charge in [0.15, 0.2) is 5.82 Å². The molecule has 180 valence electrons. The van der Waals surface area contributed by atoms with Crippen LogP contribution >= 0.6 is 11.3 Å². The number of nitrogens with zero attached hydrogens (tertiary/aromatic N) is 5. The zero-order valence-electron chi connectivity index (χ0n) is 19.9. The number of hydrogen-bond acceptors (Lipinski definition) is 7. The number of pyridine rings is 1. The van der Waals surface area contributed by atoms with Crippen LogP contribution in [-0.2, 0) is 9.53 Å². The van der Waals surface area contributed by atoms with Crippen LogP contribution in [-0.4, -0.2) is 72.0 Å². The van der Waals surface area contributed by atoms with Gasteiger partial charge in [-0.05, 0) is 32.2 Å². The number of aryl methyl sites for hydroxylation is 1. The first-order valence-electron chi connectivity index (χ1n) is 11.9. The number of benzene rings is 1. The number of aromatic nitrogens is 3. The van der Waals surface area contributed by atoms with Crippen molar-refractivity contribution in [3.63, 3.8) is 0 Å². The van der Waals surface area contributed by atoms with E-state index in [4.69, 9.17) is 14.8 Å². The molecule has 1 aromatic carbocycles. The maximum atomic E-state index is 12.7. The summed E-state index contributed by atoms with van der Waals surface area (Å²) in [6.45, 7) is 6.73. The summed E-state index contributed by atoms with van der Waals surface area (Å²) < 4.78 is 8.50. The highest BCUT2D eigenvalue weighted by molar-refractivity contribution is 7.23. The zero-order chi connectivity index (χ0) is 23.9. The molecule has 0 bridgehead atoms. The van der Waals surface area contributed by atoms with Crippen LogP contribution in [0.15, 0.2) is 48.7 Å². The van der Waals surface area contributed by atoms with Gasteiger partial charge < -0.3 is 19.9 Å². The van der Waals surface area contributed by atoms with Crippen LogP contribution < -0.4 is 10.2 Å². The van der Waals surface area contributed by atoms with Gasteiger partial charge in [-0.1, -0.05) is 23.8 Å². The molecule has 0 spiro atoms. The Balaban J connectivity index is 1.37. The van der Waals surface area contributed by atoms with Crippen molar-refractivity contribution in [2.24, 2.45) is 5.92 Å². The van der Waals surface area contributed by atoms with E-state index in [-0.39, 0.29) is 11.8 Å². The Bertz CT molecular complexity index is 1380. The Kier molecular flexibility index (Phi) is 5.75. The second kappa shape index (κ2) is 9.07. The monoisotopic (exact) mass is 488 g/mol. The van der Waals surface area contributed by atoms with Crippen molar-refractivity contribution >= 4 is 38.1 Å². The molecule has 5 heterocycles. The second-order valence-corrected chi connectivity index (χ2v) is 10.4. The standard InChI is InChI=1S/C26H28N6O2S/c1-17-4-3-5-18(12-17)20-6-7-32(29-20)23-14-22(31-8-10-34-11-9-31)25-21(27-23)13-24(35-25)28-26(33)19-15-30(2)16-19/h3-7,12-14,19H,8-11,15-16H2,1-2H3,(H,28,33). The molecule has 0 atom stereocenters. The third-order valence-electron chi connectivity index (χ3n) is 6.62. The van der Waals surface area contributed by atoms with Gasteiger partial charge in [-0.2, -0.15) is 5.10 Å². The van der Waals surface area contributed by atoms with Crippen molar-refractivity contribution in [1.82, 2.24) is 19.7 Å². The van der Waals surface area contributed by atoms with Gasteiger partial charge in [-0.25, -0.2) is 9.67 Å². The number of carbonyl (C=O) groups is 1. The number of carbonyl (C=O) groups excluding carboxylic acids is 1. The van der Waals surface area contributed by atoms with E-state index in [1.165, 1.54) is 5.56 Å². The van der Waals surface area contributed by atoms with Crippen LogP contribution in [0.3, 0.4) is 0 Å². The number of amides is 1. The van der Waals surface area contributed by atoms with Crippen LogP contribution in [0.4, 0.5) is 10.7 Å². The Morgan fingerprint density at radius 3 is 2.74 bits per heavy atom. The van der Waals surface area contributed by atoms with Crippen molar-refractivity contribution in [3.8, 4) is 17.1 Å². The van der Waals surface area contributed by atoms with Gasteiger partial charge in [0, 0.05) is 44.0 Å². The largest absolute Gasteiger partial charge is 0.378 e. The Morgan fingerprint density at radius 1 is 1.14 bits per heavy atom. The normalized spacial score (nSPS) is 17.0. The number of thiophene rings is 1. The average Bonchev–Trinajstić information content (AvgIpc) is 3.49. The Hall–Kier alpha value is -3.27. The van der Waals surface area contributed by atoms with E-state index in [1.807, 2.05) is 36.1 Å². The lowest BCUT2D eigenvalue weighted by atomic mass is 10.0. The third kappa shape index (κ3) is 4.42. The molecule has 1 amide bonds. The van der Waals surface area contributed by atoms with Gasteiger partial charge >= 0.3 is 0 Å². The minimum absolute atomic E-state index is 0.0524. The summed E-state index contributed by atoms with van der Waals surface area (Å²) in [6, 6.07) is 14.4. The van der Waals surface area contributed by atoms with Gasteiger partial charge in [0.2, 0.25) is 5.91 Å². The lowest BCUT2D eigenvalue weighted by Gasteiger charge is -2.34. The van der Waals surface area contributed by atoms with Gasteiger partial charge in [-0.3, -0.25) is 4.79 Å². The van der Waals surface area contributed by atoms with E-state index in [1.54, 1.807) is 11.3 Å². The topological polar surface area (TPSA) is 75.5 Å². The van der Waals surface area contributed by atoms with E-state index in [0.29, 0.717) is 13.2 Å². The number of anilines is 2. The predicted octanol–water partition coefficient (Wildman–Crippen LogP) is 3.79. The van der Waals surface area contributed by atoms with Crippen LogP contribution in [0.25, 0.3) is 27.3 Å². The van der Waals surface area contributed by atoms with Crippen molar-refractivity contribution < 1.29 is 9.53 Å².